The quantitative estimate of drug-likeness (QED) is 0.266. The van der Waals surface area contributed by atoms with Crippen molar-refractivity contribution < 1.29 is 14.3 Å². The minimum absolute atomic E-state index is 0.200. The van der Waals surface area contributed by atoms with Gasteiger partial charge in [-0.1, -0.05) is 36.4 Å². The van der Waals surface area contributed by atoms with E-state index >= 15 is 0 Å². The van der Waals surface area contributed by atoms with Crippen LogP contribution in [0.4, 0.5) is 5.69 Å². The van der Waals surface area contributed by atoms with Crippen molar-refractivity contribution in [2.24, 2.45) is 0 Å². The Bertz CT molecular complexity index is 1110. The maximum Gasteiger partial charge on any atom is 0.248 e. The molecule has 0 bridgehead atoms. The van der Waals surface area contributed by atoms with Crippen LogP contribution in [0, 0.1) is 0 Å². The van der Waals surface area contributed by atoms with Gasteiger partial charge < -0.3 is 14.8 Å². The van der Waals surface area contributed by atoms with E-state index in [9.17, 15) is 4.79 Å². The lowest BCUT2D eigenvalue weighted by molar-refractivity contribution is -0.111. The third-order valence-corrected chi connectivity index (χ3v) is 5.78. The van der Waals surface area contributed by atoms with E-state index in [1.54, 1.807) is 13.2 Å². The summed E-state index contributed by atoms with van der Waals surface area (Å²) in [7, 11) is 1.62. The van der Waals surface area contributed by atoms with Crippen LogP contribution < -0.4 is 14.8 Å². The number of amides is 1. The lowest BCUT2D eigenvalue weighted by Crippen LogP contribution is -2.38. The first-order valence-electron chi connectivity index (χ1n) is 11.9. The number of benzene rings is 3. The number of methoxy groups -OCH3 is 1. The van der Waals surface area contributed by atoms with Crippen molar-refractivity contribution >= 4 is 28.4 Å². The van der Waals surface area contributed by atoms with Crippen molar-refractivity contribution in [2.45, 2.75) is 46.2 Å². The molecule has 0 fully saturated rings. The summed E-state index contributed by atoms with van der Waals surface area (Å²) in [6.07, 6.45) is 4.27. The third kappa shape index (κ3) is 7.09. The van der Waals surface area contributed by atoms with E-state index in [2.05, 4.69) is 62.2 Å². The Labute approximate surface area is 203 Å². The van der Waals surface area contributed by atoms with Gasteiger partial charge in [0.25, 0.3) is 0 Å². The van der Waals surface area contributed by atoms with Crippen LogP contribution in [0.3, 0.4) is 0 Å². The summed E-state index contributed by atoms with van der Waals surface area (Å²) >= 11 is 0. The Morgan fingerprint density at radius 2 is 1.68 bits per heavy atom. The molecule has 0 aliphatic heterocycles. The number of anilines is 1. The van der Waals surface area contributed by atoms with E-state index in [0.717, 1.165) is 23.9 Å². The fourth-order valence-electron chi connectivity index (χ4n) is 4.08. The number of hydrogen-bond acceptors (Lipinski definition) is 4. The molecule has 34 heavy (non-hydrogen) atoms. The standard InChI is InChI=1S/C29H36N2O3/c1-21(2)31(22(3)4)17-8-18-34-28-20-26(14-15-27(28)33-5)30-29(32)16-12-23-11-13-24-9-6-7-10-25(24)19-23/h6-7,9-16,19-22H,8,17-18H2,1-5H3,(H,30,32). The lowest BCUT2D eigenvalue weighted by atomic mass is 10.1. The first-order chi connectivity index (χ1) is 16.4. The third-order valence-electron chi connectivity index (χ3n) is 5.78. The molecular weight excluding hydrogens is 424 g/mol. The molecule has 0 saturated heterocycles. The molecule has 0 aliphatic carbocycles. The summed E-state index contributed by atoms with van der Waals surface area (Å²) in [6, 6.07) is 20.7. The zero-order chi connectivity index (χ0) is 24.5. The highest BCUT2D eigenvalue weighted by atomic mass is 16.5. The van der Waals surface area contributed by atoms with E-state index < -0.39 is 0 Å². The van der Waals surface area contributed by atoms with Crippen LogP contribution in [0.2, 0.25) is 0 Å². The summed E-state index contributed by atoms with van der Waals surface area (Å²) in [5.41, 5.74) is 1.64. The molecule has 5 heteroatoms. The Hall–Kier alpha value is -3.31. The number of hydrogen-bond donors (Lipinski definition) is 1. The van der Waals surface area contributed by atoms with Gasteiger partial charge in [-0.25, -0.2) is 0 Å². The van der Waals surface area contributed by atoms with Gasteiger partial charge in [-0.2, -0.15) is 0 Å². The molecule has 0 heterocycles. The summed E-state index contributed by atoms with van der Waals surface area (Å²) in [4.78, 5) is 14.9. The number of nitrogens with zero attached hydrogens (tertiary/aromatic N) is 1. The van der Waals surface area contributed by atoms with E-state index in [1.807, 2.05) is 42.5 Å². The number of ether oxygens (including phenoxy) is 2. The normalized spacial score (nSPS) is 11.6. The number of carbonyl (C=O) groups excluding carboxylic acids is 1. The maximum absolute atomic E-state index is 12.5. The summed E-state index contributed by atoms with van der Waals surface area (Å²) in [5.74, 6) is 1.07. The Balaban J connectivity index is 1.59. The van der Waals surface area contributed by atoms with Gasteiger partial charge in [-0.15, -0.1) is 0 Å². The fraction of sp³-hybridized carbons (Fsp3) is 0.345. The Morgan fingerprint density at radius 1 is 0.941 bits per heavy atom. The van der Waals surface area contributed by atoms with E-state index in [1.165, 1.54) is 5.39 Å². The van der Waals surface area contributed by atoms with E-state index in [0.29, 0.717) is 35.9 Å². The zero-order valence-corrected chi connectivity index (χ0v) is 20.9. The van der Waals surface area contributed by atoms with Gasteiger partial charge in [0.2, 0.25) is 5.91 Å². The van der Waals surface area contributed by atoms with Crippen LogP contribution in [-0.4, -0.2) is 43.2 Å². The summed E-state index contributed by atoms with van der Waals surface area (Å²) < 4.78 is 11.4. The summed E-state index contributed by atoms with van der Waals surface area (Å²) in [6.45, 7) is 10.4. The highest BCUT2D eigenvalue weighted by Gasteiger charge is 2.13. The molecule has 0 atom stereocenters. The molecule has 180 valence electrons. The predicted molar refractivity (Wildman–Crippen MR) is 142 cm³/mol. The molecule has 3 aromatic carbocycles. The Morgan fingerprint density at radius 3 is 2.38 bits per heavy atom. The fourth-order valence-corrected chi connectivity index (χ4v) is 4.08. The number of rotatable bonds is 11. The van der Waals surface area contributed by atoms with Crippen LogP contribution in [0.15, 0.2) is 66.7 Å². The number of carbonyl (C=O) groups is 1. The largest absolute Gasteiger partial charge is 0.493 e. The van der Waals surface area contributed by atoms with Crippen molar-refractivity contribution in [2.75, 3.05) is 25.6 Å². The van der Waals surface area contributed by atoms with Crippen LogP contribution in [-0.2, 0) is 4.79 Å². The van der Waals surface area contributed by atoms with Crippen molar-refractivity contribution in [3.05, 3.63) is 72.3 Å². The molecule has 3 rings (SSSR count). The molecule has 0 aliphatic rings. The predicted octanol–water partition coefficient (Wildman–Crippen LogP) is 6.39. The minimum atomic E-state index is -0.200. The zero-order valence-electron chi connectivity index (χ0n) is 20.9. The second-order valence-corrected chi connectivity index (χ2v) is 8.92. The van der Waals surface area contributed by atoms with E-state index in [-0.39, 0.29) is 5.91 Å². The van der Waals surface area contributed by atoms with Crippen molar-refractivity contribution in [1.82, 2.24) is 4.90 Å². The first kappa shape index (κ1) is 25.3. The molecule has 0 unspecified atom stereocenters. The average molecular weight is 461 g/mol. The molecular formula is C29H36N2O3. The highest BCUT2D eigenvalue weighted by molar-refractivity contribution is 6.02. The average Bonchev–Trinajstić information content (AvgIpc) is 2.82. The van der Waals surface area contributed by atoms with Crippen LogP contribution in [0.25, 0.3) is 16.8 Å². The van der Waals surface area contributed by atoms with Gasteiger partial charge in [0.1, 0.15) is 0 Å². The second-order valence-electron chi connectivity index (χ2n) is 8.92. The highest BCUT2D eigenvalue weighted by Crippen LogP contribution is 2.30. The SMILES string of the molecule is COc1ccc(NC(=O)C=Cc2ccc3ccccc3c2)cc1OCCCN(C(C)C)C(C)C. The first-order valence-corrected chi connectivity index (χ1v) is 11.9. The maximum atomic E-state index is 12.5. The van der Waals surface area contributed by atoms with Gasteiger partial charge >= 0.3 is 0 Å². The topological polar surface area (TPSA) is 50.8 Å². The molecule has 0 aromatic heterocycles. The molecule has 1 amide bonds. The number of nitrogens with one attached hydrogen (secondary N) is 1. The smallest absolute Gasteiger partial charge is 0.248 e. The summed E-state index contributed by atoms with van der Waals surface area (Å²) in [5, 5.41) is 5.23. The minimum Gasteiger partial charge on any atom is -0.493 e. The number of fused-ring (bicyclic) bond motifs is 1. The van der Waals surface area contributed by atoms with Crippen LogP contribution in [0.5, 0.6) is 11.5 Å². The molecule has 0 spiro atoms. The van der Waals surface area contributed by atoms with Crippen LogP contribution in [0.1, 0.15) is 39.7 Å². The van der Waals surface area contributed by atoms with Crippen molar-refractivity contribution in [1.29, 1.82) is 0 Å². The molecule has 5 nitrogen and oxygen atoms in total. The second kappa shape index (κ2) is 12.2. The van der Waals surface area contributed by atoms with E-state index in [4.69, 9.17) is 9.47 Å². The van der Waals surface area contributed by atoms with Crippen molar-refractivity contribution in [3.8, 4) is 11.5 Å². The van der Waals surface area contributed by atoms with Gasteiger partial charge in [0, 0.05) is 36.5 Å². The van der Waals surface area contributed by atoms with Gasteiger partial charge in [-0.05, 0) is 74.7 Å². The monoisotopic (exact) mass is 460 g/mol. The molecule has 3 aromatic rings. The lowest BCUT2D eigenvalue weighted by Gasteiger charge is -2.30. The van der Waals surface area contributed by atoms with Gasteiger partial charge in [0.15, 0.2) is 11.5 Å². The molecule has 0 radical (unpaired) electrons. The molecule has 0 saturated carbocycles. The molecule has 1 N–H and O–H groups in total. The van der Waals surface area contributed by atoms with Gasteiger partial charge in [-0.3, -0.25) is 9.69 Å². The van der Waals surface area contributed by atoms with Crippen molar-refractivity contribution in [3.63, 3.8) is 0 Å². The van der Waals surface area contributed by atoms with Gasteiger partial charge in [0.05, 0.1) is 13.7 Å². The van der Waals surface area contributed by atoms with Crippen LogP contribution >= 0.6 is 0 Å². The Kier molecular flexibility index (Phi) is 9.11.